The van der Waals surface area contributed by atoms with Crippen LogP contribution in [0.1, 0.15) is 34.7 Å². The van der Waals surface area contributed by atoms with Crippen molar-refractivity contribution in [3.05, 3.63) is 79.6 Å². The number of aryl methyl sites for hydroxylation is 3. The van der Waals surface area contributed by atoms with Crippen LogP contribution in [0, 0.1) is 13.8 Å². The van der Waals surface area contributed by atoms with Crippen LogP contribution in [0.4, 0.5) is 0 Å². The molecule has 26 heavy (non-hydrogen) atoms. The van der Waals surface area contributed by atoms with E-state index in [1.165, 1.54) is 0 Å². The summed E-state index contributed by atoms with van der Waals surface area (Å²) in [5.41, 5.74) is 5.76. The van der Waals surface area contributed by atoms with Crippen molar-refractivity contribution in [2.75, 3.05) is 0 Å². The largest absolute Gasteiger partial charge is 0.308 e. The van der Waals surface area contributed by atoms with Gasteiger partial charge in [0.15, 0.2) is 0 Å². The van der Waals surface area contributed by atoms with Gasteiger partial charge in [-0.3, -0.25) is 4.79 Å². The number of hydrogen-bond donors (Lipinski definition) is 0. The summed E-state index contributed by atoms with van der Waals surface area (Å²) in [6, 6.07) is 11.7. The van der Waals surface area contributed by atoms with Gasteiger partial charge >= 0.3 is 0 Å². The van der Waals surface area contributed by atoms with E-state index in [0.29, 0.717) is 24.4 Å². The van der Waals surface area contributed by atoms with E-state index in [-0.39, 0.29) is 5.56 Å². The summed E-state index contributed by atoms with van der Waals surface area (Å²) in [7, 11) is 0. The van der Waals surface area contributed by atoms with Crippen LogP contribution in [-0.4, -0.2) is 10.9 Å². The number of halogens is 1. The number of carbonyl (C=O) groups excluding carboxylic acids is 1. The van der Waals surface area contributed by atoms with Crippen LogP contribution >= 0.6 is 11.6 Å². The van der Waals surface area contributed by atoms with Gasteiger partial charge in [-0.2, -0.15) is 0 Å². The van der Waals surface area contributed by atoms with E-state index >= 15 is 0 Å². The van der Waals surface area contributed by atoms with E-state index in [0.717, 1.165) is 45.0 Å². The van der Waals surface area contributed by atoms with Crippen molar-refractivity contribution in [1.82, 2.24) is 4.57 Å². The molecule has 134 valence electrons. The van der Waals surface area contributed by atoms with Crippen molar-refractivity contribution in [2.24, 2.45) is 0 Å². The van der Waals surface area contributed by atoms with Crippen molar-refractivity contribution in [3.63, 3.8) is 0 Å². The minimum absolute atomic E-state index is 0.0371. The number of benzene rings is 2. The third-order valence-electron chi connectivity index (χ3n) is 4.88. The molecular weight excluding hydrogens is 346 g/mol. The Morgan fingerprint density at radius 2 is 1.81 bits per heavy atom. The number of rotatable bonds is 5. The maximum Gasteiger partial charge on any atom is 0.254 e. The van der Waals surface area contributed by atoms with E-state index in [1.54, 1.807) is 0 Å². The van der Waals surface area contributed by atoms with Crippen LogP contribution in [0.3, 0.4) is 0 Å². The first-order chi connectivity index (χ1) is 12.5. The molecule has 0 saturated heterocycles. The molecule has 3 nitrogen and oxygen atoms in total. The molecule has 4 heteroatoms. The molecule has 0 amide bonds. The Morgan fingerprint density at radius 1 is 1.12 bits per heavy atom. The summed E-state index contributed by atoms with van der Waals surface area (Å²) in [6.45, 7) is 6.55. The third-order valence-corrected chi connectivity index (χ3v) is 5.13. The van der Waals surface area contributed by atoms with Gasteiger partial charge in [0, 0.05) is 35.4 Å². The summed E-state index contributed by atoms with van der Waals surface area (Å²) >= 11 is 5.97. The smallest absolute Gasteiger partial charge is 0.254 e. The SMILES string of the molecule is CCn1c(=O)c(Cc2ccc(Cl)cc2)c(C)c2c(CC=O)cc(C)cc21. The summed E-state index contributed by atoms with van der Waals surface area (Å²) < 4.78 is 1.81. The van der Waals surface area contributed by atoms with E-state index in [9.17, 15) is 9.59 Å². The topological polar surface area (TPSA) is 39.1 Å². The van der Waals surface area contributed by atoms with E-state index in [4.69, 9.17) is 11.6 Å². The minimum Gasteiger partial charge on any atom is -0.308 e. The molecule has 0 aliphatic rings. The molecule has 0 aliphatic carbocycles. The average molecular weight is 368 g/mol. The Bertz CT molecular complexity index is 1030. The number of carbonyl (C=O) groups is 1. The van der Waals surface area contributed by atoms with Gasteiger partial charge in [-0.1, -0.05) is 29.8 Å². The van der Waals surface area contributed by atoms with Gasteiger partial charge in [0.1, 0.15) is 6.29 Å². The Kier molecular flexibility index (Phi) is 5.28. The van der Waals surface area contributed by atoms with Gasteiger partial charge in [-0.05, 0) is 61.2 Å². The van der Waals surface area contributed by atoms with Crippen molar-refractivity contribution in [1.29, 1.82) is 0 Å². The number of aldehydes is 1. The van der Waals surface area contributed by atoms with Crippen LogP contribution in [0.2, 0.25) is 5.02 Å². The first kappa shape index (κ1) is 18.4. The minimum atomic E-state index is 0.0371. The van der Waals surface area contributed by atoms with Crippen molar-refractivity contribution in [3.8, 4) is 0 Å². The zero-order chi connectivity index (χ0) is 18.8. The van der Waals surface area contributed by atoms with Crippen LogP contribution < -0.4 is 5.56 Å². The standard InChI is InChI=1S/C22H22ClNO2/c1-4-24-20-12-14(2)11-17(9-10-25)21(20)15(3)19(22(24)26)13-16-5-7-18(23)8-6-16/h5-8,10-12H,4,9,13H2,1-3H3. The van der Waals surface area contributed by atoms with E-state index < -0.39 is 0 Å². The molecule has 0 radical (unpaired) electrons. The highest BCUT2D eigenvalue weighted by Gasteiger charge is 2.17. The van der Waals surface area contributed by atoms with Crippen molar-refractivity contribution >= 4 is 28.8 Å². The predicted molar refractivity (Wildman–Crippen MR) is 107 cm³/mol. The highest BCUT2D eigenvalue weighted by Crippen LogP contribution is 2.27. The van der Waals surface area contributed by atoms with Crippen LogP contribution in [-0.2, 0) is 24.2 Å². The first-order valence-electron chi connectivity index (χ1n) is 8.79. The molecule has 3 aromatic rings. The molecule has 0 spiro atoms. The zero-order valence-corrected chi connectivity index (χ0v) is 16.1. The molecule has 0 saturated carbocycles. The number of hydrogen-bond acceptors (Lipinski definition) is 2. The summed E-state index contributed by atoms with van der Waals surface area (Å²) in [6.07, 6.45) is 1.82. The Morgan fingerprint density at radius 3 is 2.42 bits per heavy atom. The number of fused-ring (bicyclic) bond motifs is 1. The fourth-order valence-corrected chi connectivity index (χ4v) is 3.78. The van der Waals surface area contributed by atoms with E-state index in [1.807, 2.05) is 61.7 Å². The molecule has 1 heterocycles. The second-order valence-electron chi connectivity index (χ2n) is 6.65. The molecule has 3 rings (SSSR count). The lowest BCUT2D eigenvalue weighted by atomic mass is 9.93. The molecular formula is C22H22ClNO2. The highest BCUT2D eigenvalue weighted by atomic mass is 35.5. The second kappa shape index (κ2) is 7.46. The lowest BCUT2D eigenvalue weighted by Gasteiger charge is -2.18. The van der Waals surface area contributed by atoms with Gasteiger partial charge < -0.3 is 9.36 Å². The molecule has 0 bridgehead atoms. The Balaban J connectivity index is 2.31. The zero-order valence-electron chi connectivity index (χ0n) is 15.3. The summed E-state index contributed by atoms with van der Waals surface area (Å²) in [5, 5.41) is 1.70. The maximum absolute atomic E-state index is 13.2. The quantitative estimate of drug-likeness (QED) is 0.617. The second-order valence-corrected chi connectivity index (χ2v) is 7.08. The summed E-state index contributed by atoms with van der Waals surface area (Å²) in [4.78, 5) is 24.3. The fraction of sp³-hybridized carbons (Fsp3) is 0.273. The van der Waals surface area contributed by atoms with Crippen molar-refractivity contribution < 1.29 is 4.79 Å². The monoisotopic (exact) mass is 367 g/mol. The molecule has 2 aromatic carbocycles. The maximum atomic E-state index is 13.2. The van der Waals surface area contributed by atoms with Gasteiger partial charge in [-0.25, -0.2) is 0 Å². The Hall–Kier alpha value is -2.39. The van der Waals surface area contributed by atoms with Crippen LogP contribution in [0.5, 0.6) is 0 Å². The number of pyridine rings is 1. The summed E-state index contributed by atoms with van der Waals surface area (Å²) in [5.74, 6) is 0. The average Bonchev–Trinajstić information content (AvgIpc) is 2.60. The predicted octanol–water partition coefficient (Wildman–Crippen LogP) is 4.62. The fourth-order valence-electron chi connectivity index (χ4n) is 3.65. The van der Waals surface area contributed by atoms with Gasteiger partial charge in [0.2, 0.25) is 0 Å². The third kappa shape index (κ3) is 3.32. The van der Waals surface area contributed by atoms with Crippen molar-refractivity contribution in [2.45, 2.75) is 40.2 Å². The van der Waals surface area contributed by atoms with Gasteiger partial charge in [-0.15, -0.1) is 0 Å². The molecule has 1 aromatic heterocycles. The molecule has 0 fully saturated rings. The molecule has 0 atom stereocenters. The molecule has 0 N–H and O–H groups in total. The normalized spacial score (nSPS) is 11.1. The Labute approximate surface area is 158 Å². The lowest BCUT2D eigenvalue weighted by molar-refractivity contribution is -0.107. The van der Waals surface area contributed by atoms with Crippen LogP contribution in [0.25, 0.3) is 10.9 Å². The number of nitrogens with zero attached hydrogens (tertiary/aromatic N) is 1. The van der Waals surface area contributed by atoms with E-state index in [2.05, 4.69) is 0 Å². The highest BCUT2D eigenvalue weighted by molar-refractivity contribution is 6.30. The molecule has 0 aliphatic heterocycles. The van der Waals surface area contributed by atoms with Gasteiger partial charge in [0.05, 0.1) is 5.52 Å². The van der Waals surface area contributed by atoms with Crippen LogP contribution in [0.15, 0.2) is 41.2 Å². The van der Waals surface area contributed by atoms with Gasteiger partial charge in [0.25, 0.3) is 5.56 Å². The number of aromatic nitrogens is 1. The molecule has 0 unspecified atom stereocenters. The lowest BCUT2D eigenvalue weighted by Crippen LogP contribution is -2.25. The first-order valence-corrected chi connectivity index (χ1v) is 9.17.